The number of furan rings is 1. The van der Waals surface area contributed by atoms with Gasteiger partial charge in [0, 0.05) is 18.7 Å². The van der Waals surface area contributed by atoms with Crippen LogP contribution in [0.4, 0.5) is 28.9 Å². The SMILES string of the molecule is Cc1occc1C(=O)Nc1cc(NC(=O)C2CC(=O)N(CC(F)(F)F)C2)ccc1F. The second-order valence-corrected chi connectivity index (χ2v) is 6.82. The molecule has 3 amide bonds. The van der Waals surface area contributed by atoms with Crippen LogP contribution < -0.4 is 10.6 Å². The average Bonchev–Trinajstić information content (AvgIpc) is 3.22. The van der Waals surface area contributed by atoms with Gasteiger partial charge in [0.2, 0.25) is 11.8 Å². The number of likely N-dealkylation sites (tertiary alicyclic amines) is 1. The molecule has 2 heterocycles. The zero-order valence-electron chi connectivity index (χ0n) is 15.7. The molecule has 1 fully saturated rings. The highest BCUT2D eigenvalue weighted by atomic mass is 19.4. The largest absolute Gasteiger partial charge is 0.469 e. The first-order valence-electron chi connectivity index (χ1n) is 8.84. The number of benzene rings is 1. The normalized spacial score (nSPS) is 16.6. The highest BCUT2D eigenvalue weighted by molar-refractivity contribution is 6.05. The fourth-order valence-electron chi connectivity index (χ4n) is 3.07. The first kappa shape index (κ1) is 21.3. The van der Waals surface area contributed by atoms with Crippen LogP contribution in [-0.4, -0.2) is 41.9 Å². The molecule has 1 aliphatic rings. The zero-order chi connectivity index (χ0) is 22.1. The Labute approximate surface area is 168 Å². The third-order valence-electron chi connectivity index (χ3n) is 4.54. The van der Waals surface area contributed by atoms with Crippen molar-refractivity contribution in [1.82, 2.24) is 4.90 Å². The van der Waals surface area contributed by atoms with Crippen LogP contribution >= 0.6 is 0 Å². The molecule has 1 aromatic heterocycles. The number of carbonyl (C=O) groups excluding carboxylic acids is 3. The average molecular weight is 427 g/mol. The monoisotopic (exact) mass is 427 g/mol. The molecule has 2 N–H and O–H groups in total. The van der Waals surface area contributed by atoms with Gasteiger partial charge in [0.05, 0.1) is 23.4 Å². The number of rotatable bonds is 5. The molecule has 1 unspecified atom stereocenters. The summed E-state index contributed by atoms with van der Waals surface area (Å²) in [5.74, 6) is -3.46. The lowest BCUT2D eigenvalue weighted by atomic mass is 10.1. The number of hydrogen-bond donors (Lipinski definition) is 2. The number of anilines is 2. The first-order valence-corrected chi connectivity index (χ1v) is 8.84. The molecule has 0 spiro atoms. The summed E-state index contributed by atoms with van der Waals surface area (Å²) in [6.07, 6.45) is -3.60. The Morgan fingerprint density at radius 3 is 2.60 bits per heavy atom. The van der Waals surface area contributed by atoms with Crippen LogP contribution in [0.25, 0.3) is 0 Å². The van der Waals surface area contributed by atoms with Gasteiger partial charge in [0.25, 0.3) is 5.91 Å². The smallest absolute Gasteiger partial charge is 0.406 e. The Bertz CT molecular complexity index is 986. The van der Waals surface area contributed by atoms with Gasteiger partial charge in [-0.05, 0) is 31.2 Å². The van der Waals surface area contributed by atoms with E-state index in [0.717, 1.165) is 6.07 Å². The van der Waals surface area contributed by atoms with Gasteiger partial charge >= 0.3 is 6.18 Å². The number of nitrogens with zero attached hydrogens (tertiary/aromatic N) is 1. The molecule has 0 saturated carbocycles. The molecule has 1 atom stereocenters. The molecule has 160 valence electrons. The summed E-state index contributed by atoms with van der Waals surface area (Å²) >= 11 is 0. The zero-order valence-corrected chi connectivity index (χ0v) is 15.7. The maximum atomic E-state index is 14.1. The maximum absolute atomic E-state index is 14.1. The highest BCUT2D eigenvalue weighted by Crippen LogP contribution is 2.26. The predicted molar refractivity (Wildman–Crippen MR) is 97.2 cm³/mol. The van der Waals surface area contributed by atoms with Crippen molar-refractivity contribution in [3.63, 3.8) is 0 Å². The third-order valence-corrected chi connectivity index (χ3v) is 4.54. The van der Waals surface area contributed by atoms with Crippen LogP contribution in [0.1, 0.15) is 22.5 Å². The van der Waals surface area contributed by atoms with Crippen LogP contribution in [0.15, 0.2) is 34.9 Å². The van der Waals surface area contributed by atoms with E-state index < -0.39 is 42.2 Å². The third kappa shape index (κ3) is 4.97. The first-order chi connectivity index (χ1) is 14.0. The lowest BCUT2D eigenvalue weighted by Crippen LogP contribution is -2.36. The van der Waals surface area contributed by atoms with Gasteiger partial charge < -0.3 is 20.0 Å². The molecule has 0 bridgehead atoms. The second-order valence-electron chi connectivity index (χ2n) is 6.82. The van der Waals surface area contributed by atoms with Crippen molar-refractivity contribution in [2.75, 3.05) is 23.7 Å². The van der Waals surface area contributed by atoms with Crippen LogP contribution in [0.5, 0.6) is 0 Å². The molecular weight excluding hydrogens is 410 g/mol. The van der Waals surface area contributed by atoms with E-state index in [1.807, 2.05) is 0 Å². The molecule has 11 heteroatoms. The summed E-state index contributed by atoms with van der Waals surface area (Å²) < 4.78 is 56.6. The van der Waals surface area contributed by atoms with Crippen molar-refractivity contribution in [3.05, 3.63) is 47.7 Å². The fraction of sp³-hybridized carbons (Fsp3) is 0.316. The number of nitrogens with one attached hydrogen (secondary N) is 2. The van der Waals surface area contributed by atoms with E-state index in [0.29, 0.717) is 10.7 Å². The topological polar surface area (TPSA) is 91.6 Å². The van der Waals surface area contributed by atoms with E-state index in [1.165, 1.54) is 24.5 Å². The van der Waals surface area contributed by atoms with Gasteiger partial charge in [-0.15, -0.1) is 0 Å². The van der Waals surface area contributed by atoms with E-state index in [-0.39, 0.29) is 29.9 Å². The van der Waals surface area contributed by atoms with Gasteiger partial charge in [-0.2, -0.15) is 13.2 Å². The number of aryl methyl sites for hydroxylation is 1. The molecule has 1 aliphatic heterocycles. The van der Waals surface area contributed by atoms with Crippen molar-refractivity contribution in [2.45, 2.75) is 19.5 Å². The lowest BCUT2D eigenvalue weighted by Gasteiger charge is -2.18. The number of carbonyl (C=O) groups is 3. The van der Waals surface area contributed by atoms with Gasteiger partial charge in [0.1, 0.15) is 18.1 Å². The Balaban J connectivity index is 1.66. The molecule has 2 aromatic rings. The summed E-state index contributed by atoms with van der Waals surface area (Å²) in [5.41, 5.74) is 0.111. The Kier molecular flexibility index (Phi) is 5.81. The number of hydrogen-bond acceptors (Lipinski definition) is 4. The van der Waals surface area contributed by atoms with Crippen molar-refractivity contribution in [3.8, 4) is 0 Å². The summed E-state index contributed by atoms with van der Waals surface area (Å²) in [6, 6.07) is 4.84. The van der Waals surface area contributed by atoms with E-state index in [1.54, 1.807) is 6.92 Å². The summed E-state index contributed by atoms with van der Waals surface area (Å²) in [5, 5.41) is 4.80. The lowest BCUT2D eigenvalue weighted by molar-refractivity contribution is -0.157. The van der Waals surface area contributed by atoms with Gasteiger partial charge in [-0.3, -0.25) is 14.4 Å². The molecule has 1 saturated heterocycles. The van der Waals surface area contributed by atoms with Gasteiger partial charge in [-0.1, -0.05) is 0 Å². The molecule has 3 rings (SSSR count). The molecule has 0 radical (unpaired) electrons. The summed E-state index contributed by atoms with van der Waals surface area (Å²) in [7, 11) is 0. The molecule has 7 nitrogen and oxygen atoms in total. The van der Waals surface area contributed by atoms with Crippen LogP contribution in [-0.2, 0) is 9.59 Å². The van der Waals surface area contributed by atoms with E-state index in [2.05, 4.69) is 10.6 Å². The molecular formula is C19H17F4N3O4. The van der Waals surface area contributed by atoms with E-state index in [4.69, 9.17) is 4.42 Å². The summed E-state index contributed by atoms with van der Waals surface area (Å²) in [4.78, 5) is 36.9. The molecule has 1 aromatic carbocycles. The van der Waals surface area contributed by atoms with Gasteiger partial charge in [0.15, 0.2) is 0 Å². The minimum absolute atomic E-state index is 0.113. The number of amides is 3. The predicted octanol–water partition coefficient (Wildman–Crippen LogP) is 3.33. The maximum Gasteiger partial charge on any atom is 0.406 e. The minimum atomic E-state index is -4.56. The number of alkyl halides is 3. The quantitative estimate of drug-likeness (QED) is 0.717. The van der Waals surface area contributed by atoms with Gasteiger partial charge in [-0.25, -0.2) is 4.39 Å². The van der Waals surface area contributed by atoms with Crippen molar-refractivity contribution in [1.29, 1.82) is 0 Å². The summed E-state index contributed by atoms with van der Waals surface area (Å²) in [6.45, 7) is -0.225. The van der Waals surface area contributed by atoms with E-state index >= 15 is 0 Å². The Morgan fingerprint density at radius 1 is 1.23 bits per heavy atom. The van der Waals surface area contributed by atoms with E-state index in [9.17, 15) is 31.9 Å². The molecule has 30 heavy (non-hydrogen) atoms. The van der Waals surface area contributed by atoms with Crippen LogP contribution in [0.3, 0.4) is 0 Å². The standard InChI is InChI=1S/C19H17F4N3O4/c1-10-13(4-5-30-10)18(29)25-15-7-12(2-3-14(15)20)24-17(28)11-6-16(27)26(8-11)9-19(21,22)23/h2-5,7,11H,6,8-9H2,1H3,(H,24,28)(H,25,29). The fourth-order valence-corrected chi connectivity index (χ4v) is 3.07. The van der Waals surface area contributed by atoms with Crippen molar-refractivity contribution < 1.29 is 36.4 Å². The van der Waals surface area contributed by atoms with Crippen LogP contribution in [0, 0.1) is 18.7 Å². The minimum Gasteiger partial charge on any atom is -0.469 e. The number of halogens is 4. The molecule has 0 aliphatic carbocycles. The van der Waals surface area contributed by atoms with Crippen LogP contribution in [0.2, 0.25) is 0 Å². The van der Waals surface area contributed by atoms with Crippen molar-refractivity contribution in [2.24, 2.45) is 5.92 Å². The second kappa shape index (κ2) is 8.17. The Hall–Kier alpha value is -3.37. The Morgan fingerprint density at radius 2 is 1.97 bits per heavy atom. The highest BCUT2D eigenvalue weighted by Gasteiger charge is 2.40. The van der Waals surface area contributed by atoms with Crippen molar-refractivity contribution >= 4 is 29.1 Å².